The number of carbonyl (C=O) groups excluding carboxylic acids is 1. The Morgan fingerprint density at radius 1 is 1.06 bits per heavy atom. The Hall–Kier alpha value is -2.00. The molecule has 0 heterocycles. The number of benzene rings is 2. The molecule has 2 aromatic carbocycles. The molecular weight excluding hydrogens is 229 g/mol. The van der Waals surface area contributed by atoms with E-state index in [1.807, 2.05) is 30.3 Å². The van der Waals surface area contributed by atoms with Crippen LogP contribution in [0.5, 0.6) is 0 Å². The topological polar surface area (TPSA) is 29.1 Å². The van der Waals surface area contributed by atoms with Crippen LogP contribution in [0.1, 0.15) is 15.9 Å². The fraction of sp³-hybridized carbons (Fsp3) is 0.133. The molecular formula is C15H14FNO. The van der Waals surface area contributed by atoms with E-state index in [0.717, 1.165) is 5.56 Å². The highest BCUT2D eigenvalue weighted by Crippen LogP contribution is 2.04. The van der Waals surface area contributed by atoms with Gasteiger partial charge in [-0.05, 0) is 17.7 Å². The van der Waals surface area contributed by atoms with E-state index < -0.39 is 0 Å². The zero-order valence-corrected chi connectivity index (χ0v) is 9.90. The molecule has 0 unspecified atom stereocenters. The summed E-state index contributed by atoms with van der Waals surface area (Å²) in [5, 5.41) is 3.05. The molecule has 0 spiro atoms. The third-order valence-electron chi connectivity index (χ3n) is 2.60. The van der Waals surface area contributed by atoms with Crippen LogP contribution in [0.3, 0.4) is 0 Å². The monoisotopic (exact) mass is 243 g/mol. The Balaban J connectivity index is 1.86. The van der Waals surface area contributed by atoms with Crippen LogP contribution in [0.25, 0.3) is 0 Å². The summed E-state index contributed by atoms with van der Waals surface area (Å²) in [5.41, 5.74) is 1.51. The molecule has 0 saturated heterocycles. The average Bonchev–Trinajstić information content (AvgIpc) is 2.40. The van der Waals surface area contributed by atoms with Crippen molar-refractivity contribution >= 4 is 5.78 Å². The first kappa shape index (κ1) is 12.5. The largest absolute Gasteiger partial charge is 0.306 e. The van der Waals surface area contributed by atoms with E-state index in [1.165, 1.54) is 12.1 Å². The van der Waals surface area contributed by atoms with E-state index in [4.69, 9.17) is 0 Å². The summed E-state index contributed by atoms with van der Waals surface area (Å²) >= 11 is 0. The minimum Gasteiger partial charge on any atom is -0.306 e. The number of ketones is 1. The van der Waals surface area contributed by atoms with Gasteiger partial charge in [-0.25, -0.2) is 4.39 Å². The molecule has 2 aromatic rings. The molecule has 0 bridgehead atoms. The highest BCUT2D eigenvalue weighted by molar-refractivity contribution is 5.97. The van der Waals surface area contributed by atoms with Gasteiger partial charge in [0.2, 0.25) is 0 Å². The van der Waals surface area contributed by atoms with Crippen molar-refractivity contribution in [3.63, 3.8) is 0 Å². The van der Waals surface area contributed by atoms with E-state index in [9.17, 15) is 9.18 Å². The first-order chi connectivity index (χ1) is 8.75. The lowest BCUT2D eigenvalue weighted by Crippen LogP contribution is -2.22. The van der Waals surface area contributed by atoms with Gasteiger partial charge in [0.05, 0.1) is 6.54 Å². The maximum atomic E-state index is 12.9. The maximum absolute atomic E-state index is 12.9. The number of carbonyl (C=O) groups is 1. The van der Waals surface area contributed by atoms with E-state index >= 15 is 0 Å². The molecule has 0 fully saturated rings. The minimum atomic E-state index is -0.385. The molecule has 1 N–H and O–H groups in total. The quantitative estimate of drug-likeness (QED) is 0.818. The molecule has 2 rings (SSSR count). The zero-order chi connectivity index (χ0) is 12.8. The minimum absolute atomic E-state index is 0.106. The van der Waals surface area contributed by atoms with Crippen LogP contribution < -0.4 is 5.32 Å². The lowest BCUT2D eigenvalue weighted by molar-refractivity contribution is 0.0990. The van der Waals surface area contributed by atoms with Crippen LogP contribution in [-0.2, 0) is 6.54 Å². The Labute approximate surface area is 105 Å². The SMILES string of the molecule is O=C(CNCc1ccccc1)c1cccc(F)c1. The van der Waals surface area contributed by atoms with Gasteiger partial charge >= 0.3 is 0 Å². The Morgan fingerprint density at radius 3 is 2.56 bits per heavy atom. The van der Waals surface area contributed by atoms with Crippen molar-refractivity contribution in [2.45, 2.75) is 6.54 Å². The highest BCUT2D eigenvalue weighted by Gasteiger charge is 2.05. The van der Waals surface area contributed by atoms with E-state index in [2.05, 4.69) is 5.32 Å². The molecule has 0 radical (unpaired) electrons. The molecule has 2 nitrogen and oxygen atoms in total. The Kier molecular flexibility index (Phi) is 4.20. The van der Waals surface area contributed by atoms with Crippen molar-refractivity contribution in [3.8, 4) is 0 Å². The smallest absolute Gasteiger partial charge is 0.176 e. The number of Topliss-reactive ketones (excluding diaryl/α,β-unsaturated/α-hetero) is 1. The maximum Gasteiger partial charge on any atom is 0.176 e. The van der Waals surface area contributed by atoms with Gasteiger partial charge < -0.3 is 5.32 Å². The van der Waals surface area contributed by atoms with Gasteiger partial charge in [-0.2, -0.15) is 0 Å². The van der Waals surface area contributed by atoms with Crippen LogP contribution in [0.15, 0.2) is 54.6 Å². The van der Waals surface area contributed by atoms with Crippen molar-refractivity contribution < 1.29 is 9.18 Å². The fourth-order valence-corrected chi connectivity index (χ4v) is 1.68. The zero-order valence-electron chi connectivity index (χ0n) is 9.90. The van der Waals surface area contributed by atoms with Gasteiger partial charge in [0.25, 0.3) is 0 Å². The first-order valence-corrected chi connectivity index (χ1v) is 5.79. The number of halogens is 1. The molecule has 92 valence electrons. The summed E-state index contributed by atoms with van der Waals surface area (Å²) in [6, 6.07) is 15.6. The highest BCUT2D eigenvalue weighted by atomic mass is 19.1. The summed E-state index contributed by atoms with van der Waals surface area (Å²) in [4.78, 5) is 11.8. The second-order valence-electron chi connectivity index (χ2n) is 4.02. The Bertz CT molecular complexity index is 525. The number of hydrogen-bond donors (Lipinski definition) is 1. The molecule has 0 aliphatic carbocycles. The van der Waals surface area contributed by atoms with E-state index in [1.54, 1.807) is 12.1 Å². The van der Waals surface area contributed by atoms with Crippen molar-refractivity contribution in [2.75, 3.05) is 6.54 Å². The third-order valence-corrected chi connectivity index (χ3v) is 2.60. The van der Waals surface area contributed by atoms with Gasteiger partial charge in [-0.1, -0.05) is 42.5 Å². The lowest BCUT2D eigenvalue weighted by Gasteiger charge is -2.04. The molecule has 0 saturated carbocycles. The number of hydrogen-bond acceptors (Lipinski definition) is 2. The number of nitrogens with one attached hydrogen (secondary N) is 1. The van der Waals surface area contributed by atoms with Crippen LogP contribution in [0, 0.1) is 5.82 Å². The predicted octanol–water partition coefficient (Wildman–Crippen LogP) is 2.80. The summed E-state index contributed by atoms with van der Waals surface area (Å²) < 4.78 is 12.9. The Morgan fingerprint density at radius 2 is 1.83 bits per heavy atom. The van der Waals surface area contributed by atoms with Crippen LogP contribution >= 0.6 is 0 Å². The van der Waals surface area contributed by atoms with Crippen molar-refractivity contribution in [3.05, 3.63) is 71.5 Å². The fourth-order valence-electron chi connectivity index (χ4n) is 1.68. The molecule has 0 atom stereocenters. The van der Waals surface area contributed by atoms with Gasteiger partial charge in [0.15, 0.2) is 5.78 Å². The van der Waals surface area contributed by atoms with Gasteiger partial charge in [-0.15, -0.1) is 0 Å². The normalized spacial score (nSPS) is 10.3. The second kappa shape index (κ2) is 6.07. The van der Waals surface area contributed by atoms with Crippen LogP contribution in [-0.4, -0.2) is 12.3 Å². The van der Waals surface area contributed by atoms with E-state index in [0.29, 0.717) is 12.1 Å². The van der Waals surface area contributed by atoms with Gasteiger partial charge in [0.1, 0.15) is 5.82 Å². The molecule has 18 heavy (non-hydrogen) atoms. The van der Waals surface area contributed by atoms with Gasteiger partial charge in [0, 0.05) is 12.1 Å². The van der Waals surface area contributed by atoms with E-state index in [-0.39, 0.29) is 18.1 Å². The average molecular weight is 243 g/mol. The van der Waals surface area contributed by atoms with Gasteiger partial charge in [-0.3, -0.25) is 4.79 Å². The van der Waals surface area contributed by atoms with Crippen molar-refractivity contribution in [2.24, 2.45) is 0 Å². The molecule has 0 aromatic heterocycles. The summed E-state index contributed by atoms with van der Waals surface area (Å²) in [7, 11) is 0. The summed E-state index contributed by atoms with van der Waals surface area (Å²) in [6.45, 7) is 0.834. The number of rotatable bonds is 5. The third kappa shape index (κ3) is 3.50. The van der Waals surface area contributed by atoms with Crippen LogP contribution in [0.4, 0.5) is 4.39 Å². The molecule has 0 amide bonds. The molecule has 0 aliphatic rings. The van der Waals surface area contributed by atoms with Crippen LogP contribution in [0.2, 0.25) is 0 Å². The van der Waals surface area contributed by atoms with Crippen molar-refractivity contribution in [1.82, 2.24) is 5.32 Å². The van der Waals surface area contributed by atoms with Crippen molar-refractivity contribution in [1.29, 1.82) is 0 Å². The second-order valence-corrected chi connectivity index (χ2v) is 4.02. The predicted molar refractivity (Wildman–Crippen MR) is 68.9 cm³/mol. The summed E-state index contributed by atoms with van der Waals surface area (Å²) in [6.07, 6.45) is 0. The lowest BCUT2D eigenvalue weighted by atomic mass is 10.1. The summed E-state index contributed by atoms with van der Waals surface area (Å²) in [5.74, 6) is -0.491. The standard InChI is InChI=1S/C15H14FNO/c16-14-8-4-7-13(9-14)15(18)11-17-10-12-5-2-1-3-6-12/h1-9,17H,10-11H2. The molecule has 3 heteroatoms. The first-order valence-electron chi connectivity index (χ1n) is 5.79. The molecule has 0 aliphatic heterocycles.